The molecule has 1 amide bonds. The van der Waals surface area contributed by atoms with Crippen LogP contribution in [-0.2, 0) is 25.6 Å². The Bertz CT molecular complexity index is 436. The van der Waals surface area contributed by atoms with E-state index in [0.29, 0.717) is 6.54 Å². The minimum absolute atomic E-state index is 0.0149. The van der Waals surface area contributed by atoms with E-state index in [9.17, 15) is 9.59 Å². The molecule has 1 aromatic heterocycles. The van der Waals surface area contributed by atoms with Crippen LogP contribution in [0.3, 0.4) is 0 Å². The first kappa shape index (κ1) is 16.1. The number of aromatic nitrogens is 1. The summed E-state index contributed by atoms with van der Waals surface area (Å²) < 4.78 is 9.56. The number of ether oxygens (including phenoxy) is 2. The average molecular weight is 280 g/mol. The molecule has 1 atom stereocenters. The molecule has 0 aromatic carbocycles. The third-order valence-corrected chi connectivity index (χ3v) is 2.84. The monoisotopic (exact) mass is 280 g/mol. The molecule has 1 heterocycles. The van der Waals surface area contributed by atoms with Crippen molar-refractivity contribution in [2.75, 3.05) is 27.4 Å². The Kier molecular flexibility index (Phi) is 6.66. The zero-order chi connectivity index (χ0) is 15.0. The molecule has 0 aliphatic heterocycles. The molecule has 1 unspecified atom stereocenters. The zero-order valence-electron chi connectivity index (χ0n) is 12.0. The molecule has 1 rings (SSSR count). The van der Waals surface area contributed by atoms with E-state index in [1.807, 2.05) is 12.1 Å². The van der Waals surface area contributed by atoms with Crippen LogP contribution in [0.4, 0.5) is 0 Å². The Hall–Kier alpha value is -1.95. The van der Waals surface area contributed by atoms with Crippen molar-refractivity contribution in [2.45, 2.75) is 13.5 Å². The van der Waals surface area contributed by atoms with E-state index in [-0.39, 0.29) is 30.9 Å². The largest absolute Gasteiger partial charge is 0.469 e. The number of nitrogens with zero attached hydrogens (tertiary/aromatic N) is 2. The van der Waals surface area contributed by atoms with Crippen molar-refractivity contribution in [1.82, 2.24) is 9.88 Å². The first-order chi connectivity index (χ1) is 9.58. The summed E-state index contributed by atoms with van der Waals surface area (Å²) in [6, 6.07) is 3.66. The molecule has 0 aliphatic carbocycles. The van der Waals surface area contributed by atoms with Gasteiger partial charge in [-0.1, -0.05) is 6.92 Å². The highest BCUT2D eigenvalue weighted by molar-refractivity contribution is 5.79. The molecule has 0 spiro atoms. The lowest BCUT2D eigenvalue weighted by atomic mass is 10.1. The first-order valence-corrected chi connectivity index (χ1v) is 6.32. The van der Waals surface area contributed by atoms with Gasteiger partial charge in [0.1, 0.15) is 6.61 Å². The first-order valence-electron chi connectivity index (χ1n) is 6.32. The Morgan fingerprint density at radius 1 is 1.30 bits per heavy atom. The predicted octanol–water partition coefficient (Wildman–Crippen LogP) is 0.866. The molecular weight excluding hydrogens is 260 g/mol. The number of hydrogen-bond donors (Lipinski definition) is 0. The van der Waals surface area contributed by atoms with Crippen molar-refractivity contribution < 1.29 is 19.1 Å². The van der Waals surface area contributed by atoms with Crippen LogP contribution in [0.5, 0.6) is 0 Å². The summed E-state index contributed by atoms with van der Waals surface area (Å²) in [6.45, 7) is 2.41. The maximum Gasteiger partial charge on any atom is 0.310 e. The van der Waals surface area contributed by atoms with Gasteiger partial charge in [0.05, 0.1) is 13.0 Å². The molecule has 20 heavy (non-hydrogen) atoms. The molecule has 0 N–H and O–H groups in total. The highest BCUT2D eigenvalue weighted by Gasteiger charge is 2.21. The van der Waals surface area contributed by atoms with Crippen LogP contribution in [-0.4, -0.2) is 49.1 Å². The predicted molar refractivity (Wildman–Crippen MR) is 72.7 cm³/mol. The number of rotatable bonds is 7. The number of carbonyl (C=O) groups excluding carboxylic acids is 2. The molecule has 0 saturated carbocycles. The molecule has 0 bridgehead atoms. The second kappa shape index (κ2) is 8.27. The standard InChI is InChI=1S/C14H20N2O4/c1-11(14(18)20-3)8-16(13(17)10-19-2)9-12-4-6-15-7-5-12/h4-7,11H,8-10H2,1-3H3. The summed E-state index contributed by atoms with van der Waals surface area (Å²) >= 11 is 0. The lowest BCUT2D eigenvalue weighted by Gasteiger charge is -2.25. The van der Waals surface area contributed by atoms with Crippen molar-refractivity contribution in [2.24, 2.45) is 5.92 Å². The molecule has 6 heteroatoms. The van der Waals surface area contributed by atoms with Gasteiger partial charge in [0.2, 0.25) is 5.91 Å². The zero-order valence-corrected chi connectivity index (χ0v) is 12.0. The average Bonchev–Trinajstić information content (AvgIpc) is 2.46. The molecule has 0 fully saturated rings. The number of esters is 1. The molecule has 6 nitrogen and oxygen atoms in total. The number of pyridine rings is 1. The van der Waals surface area contributed by atoms with E-state index < -0.39 is 0 Å². The van der Waals surface area contributed by atoms with Crippen molar-refractivity contribution in [3.8, 4) is 0 Å². The van der Waals surface area contributed by atoms with Gasteiger partial charge < -0.3 is 14.4 Å². The second-order valence-corrected chi connectivity index (χ2v) is 4.49. The SMILES string of the molecule is COCC(=O)N(Cc1ccncc1)CC(C)C(=O)OC. The highest BCUT2D eigenvalue weighted by atomic mass is 16.5. The number of hydrogen-bond acceptors (Lipinski definition) is 5. The lowest BCUT2D eigenvalue weighted by Crippen LogP contribution is -2.38. The van der Waals surface area contributed by atoms with E-state index in [2.05, 4.69) is 9.72 Å². The normalized spacial score (nSPS) is 11.8. The van der Waals surface area contributed by atoms with E-state index in [1.165, 1.54) is 14.2 Å². The fourth-order valence-corrected chi connectivity index (χ4v) is 1.78. The van der Waals surface area contributed by atoms with Gasteiger partial charge in [0, 0.05) is 32.6 Å². The third-order valence-electron chi connectivity index (χ3n) is 2.84. The summed E-state index contributed by atoms with van der Waals surface area (Å²) in [5.74, 6) is -0.891. The van der Waals surface area contributed by atoms with Crippen molar-refractivity contribution in [1.29, 1.82) is 0 Å². The molecule has 110 valence electrons. The number of amides is 1. The minimum Gasteiger partial charge on any atom is -0.469 e. The topological polar surface area (TPSA) is 68.7 Å². The van der Waals surface area contributed by atoms with E-state index in [4.69, 9.17) is 4.74 Å². The smallest absolute Gasteiger partial charge is 0.310 e. The Morgan fingerprint density at radius 2 is 1.95 bits per heavy atom. The quantitative estimate of drug-likeness (QED) is 0.693. The Balaban J connectivity index is 2.75. The second-order valence-electron chi connectivity index (χ2n) is 4.49. The fraction of sp³-hybridized carbons (Fsp3) is 0.500. The van der Waals surface area contributed by atoms with Crippen molar-refractivity contribution in [3.63, 3.8) is 0 Å². The fourth-order valence-electron chi connectivity index (χ4n) is 1.78. The van der Waals surface area contributed by atoms with Crippen LogP contribution in [0.1, 0.15) is 12.5 Å². The van der Waals surface area contributed by atoms with Gasteiger partial charge in [-0.3, -0.25) is 14.6 Å². The van der Waals surface area contributed by atoms with E-state index in [1.54, 1.807) is 24.2 Å². The van der Waals surface area contributed by atoms with Gasteiger partial charge in [0.25, 0.3) is 0 Å². The van der Waals surface area contributed by atoms with Crippen LogP contribution < -0.4 is 0 Å². The Morgan fingerprint density at radius 3 is 2.50 bits per heavy atom. The van der Waals surface area contributed by atoms with Gasteiger partial charge in [0.15, 0.2) is 0 Å². The molecular formula is C14H20N2O4. The van der Waals surface area contributed by atoms with Crippen LogP contribution in [0.2, 0.25) is 0 Å². The van der Waals surface area contributed by atoms with E-state index >= 15 is 0 Å². The van der Waals surface area contributed by atoms with Gasteiger partial charge >= 0.3 is 5.97 Å². The summed E-state index contributed by atoms with van der Waals surface area (Å²) in [5, 5.41) is 0. The molecule has 0 aliphatic rings. The van der Waals surface area contributed by atoms with E-state index in [0.717, 1.165) is 5.56 Å². The lowest BCUT2D eigenvalue weighted by molar-refractivity contribution is -0.147. The van der Waals surface area contributed by atoms with Crippen LogP contribution in [0.15, 0.2) is 24.5 Å². The summed E-state index contributed by atoms with van der Waals surface area (Å²) in [5.41, 5.74) is 0.946. The summed E-state index contributed by atoms with van der Waals surface area (Å²) in [4.78, 5) is 29.0. The van der Waals surface area contributed by atoms with Gasteiger partial charge in [-0.2, -0.15) is 0 Å². The number of carbonyl (C=O) groups is 2. The minimum atomic E-state index is -0.386. The summed E-state index contributed by atoms with van der Waals surface area (Å²) in [7, 11) is 2.80. The van der Waals surface area contributed by atoms with Crippen LogP contribution >= 0.6 is 0 Å². The van der Waals surface area contributed by atoms with Gasteiger partial charge in [-0.25, -0.2) is 0 Å². The van der Waals surface area contributed by atoms with Crippen LogP contribution in [0, 0.1) is 5.92 Å². The van der Waals surface area contributed by atoms with Crippen molar-refractivity contribution in [3.05, 3.63) is 30.1 Å². The Labute approximate surface area is 118 Å². The molecule has 1 aromatic rings. The molecule has 0 radical (unpaired) electrons. The van der Waals surface area contributed by atoms with Gasteiger partial charge in [-0.15, -0.1) is 0 Å². The third kappa shape index (κ3) is 4.97. The van der Waals surface area contributed by atoms with Crippen molar-refractivity contribution >= 4 is 11.9 Å². The maximum absolute atomic E-state index is 12.0. The van der Waals surface area contributed by atoms with Gasteiger partial charge in [-0.05, 0) is 17.7 Å². The van der Waals surface area contributed by atoms with Crippen LogP contribution in [0.25, 0.3) is 0 Å². The number of methoxy groups -OCH3 is 2. The highest BCUT2D eigenvalue weighted by Crippen LogP contribution is 2.09. The summed E-state index contributed by atoms with van der Waals surface area (Å²) in [6.07, 6.45) is 3.33. The maximum atomic E-state index is 12.0. The molecule has 0 saturated heterocycles.